The molecular formula is C11H22N2O3S. The van der Waals surface area contributed by atoms with Gasteiger partial charge in [-0.1, -0.05) is 19.3 Å². The Hall–Kier alpha value is -0.620. The summed E-state index contributed by atoms with van der Waals surface area (Å²) in [5, 5.41) is 9.46. The third-order valence-corrected chi connectivity index (χ3v) is 4.57. The van der Waals surface area contributed by atoms with Crippen molar-refractivity contribution in [2.45, 2.75) is 32.1 Å². The van der Waals surface area contributed by atoms with Crippen molar-refractivity contribution in [3.8, 4) is 0 Å². The van der Waals surface area contributed by atoms with Crippen LogP contribution in [0.25, 0.3) is 0 Å². The van der Waals surface area contributed by atoms with Crippen LogP contribution in [-0.4, -0.2) is 51.2 Å². The number of aliphatic hydroxyl groups is 1. The lowest BCUT2D eigenvalue weighted by atomic mass is 9.76. The van der Waals surface area contributed by atoms with Crippen molar-refractivity contribution in [2.24, 2.45) is 9.81 Å². The molecule has 0 heterocycles. The fraction of sp³-hybridized carbons (Fsp3) is 0.909. The molecule has 5 nitrogen and oxygen atoms in total. The molecule has 1 aliphatic rings. The van der Waals surface area contributed by atoms with Gasteiger partial charge in [0.15, 0.2) is 0 Å². The normalized spacial score (nSPS) is 20.6. The highest BCUT2D eigenvalue weighted by molar-refractivity contribution is 7.90. The first-order chi connectivity index (χ1) is 7.89. The number of sulfonamides is 1. The Morgan fingerprint density at radius 1 is 1.29 bits per heavy atom. The second-order valence-corrected chi connectivity index (χ2v) is 6.79. The fourth-order valence-corrected chi connectivity index (χ4v) is 3.80. The fourth-order valence-electron chi connectivity index (χ4n) is 2.24. The van der Waals surface area contributed by atoms with Crippen molar-refractivity contribution in [3.63, 3.8) is 0 Å². The summed E-state index contributed by atoms with van der Waals surface area (Å²) in [5.74, 6) is -0.0408. The first-order valence-corrected chi connectivity index (χ1v) is 7.56. The maximum atomic E-state index is 11.8. The second kappa shape index (κ2) is 5.82. The molecule has 0 saturated heterocycles. The van der Waals surface area contributed by atoms with Gasteiger partial charge in [-0.05, 0) is 12.8 Å². The molecule has 17 heavy (non-hydrogen) atoms. The highest BCUT2D eigenvalue weighted by Gasteiger charge is 2.36. The summed E-state index contributed by atoms with van der Waals surface area (Å²) >= 11 is 0. The molecule has 0 radical (unpaired) electrons. The van der Waals surface area contributed by atoms with Gasteiger partial charge >= 0.3 is 0 Å². The molecule has 0 amide bonds. The largest absolute Gasteiger partial charge is 0.396 e. The average molecular weight is 262 g/mol. The summed E-state index contributed by atoms with van der Waals surface area (Å²) in [5.41, 5.74) is -0.471. The van der Waals surface area contributed by atoms with Gasteiger partial charge in [-0.15, -0.1) is 0 Å². The molecule has 6 heteroatoms. The predicted octanol–water partition coefficient (Wildman–Crippen LogP) is 0.849. The van der Waals surface area contributed by atoms with Gasteiger partial charge in [-0.25, -0.2) is 8.42 Å². The molecule has 1 rings (SSSR count). The predicted molar refractivity (Wildman–Crippen MR) is 68.6 cm³/mol. The van der Waals surface area contributed by atoms with E-state index in [0.29, 0.717) is 0 Å². The van der Waals surface area contributed by atoms with Crippen molar-refractivity contribution in [2.75, 3.05) is 26.5 Å². The first kappa shape index (κ1) is 14.4. The molecule has 0 aromatic heterocycles. The van der Waals surface area contributed by atoms with Gasteiger partial charge in [0.1, 0.15) is 6.34 Å². The molecule has 100 valence electrons. The standard InChI is InChI=1S/C11H22N2O3S/c1-13(2)10-12-17(15,16)9-11(8-14)6-4-3-5-7-11/h10,14H,3-9H2,1-2H3. The topological polar surface area (TPSA) is 70.0 Å². The van der Waals surface area contributed by atoms with Crippen molar-refractivity contribution in [1.29, 1.82) is 0 Å². The Morgan fingerprint density at radius 3 is 2.35 bits per heavy atom. The Morgan fingerprint density at radius 2 is 1.88 bits per heavy atom. The van der Waals surface area contributed by atoms with E-state index >= 15 is 0 Å². The third kappa shape index (κ3) is 4.63. The first-order valence-electron chi connectivity index (χ1n) is 5.95. The SMILES string of the molecule is CN(C)C=NS(=O)(=O)CC1(CO)CCCCC1. The minimum Gasteiger partial charge on any atom is -0.396 e. The van der Waals surface area contributed by atoms with Crippen LogP contribution in [0.3, 0.4) is 0 Å². The Kier molecular flexibility index (Phi) is 4.94. The van der Waals surface area contributed by atoms with Crippen LogP contribution in [0.2, 0.25) is 0 Å². The zero-order valence-corrected chi connectivity index (χ0v) is 11.4. The Bertz CT molecular complexity index is 357. The average Bonchev–Trinajstić information content (AvgIpc) is 2.27. The number of hydrogen-bond acceptors (Lipinski definition) is 3. The lowest BCUT2D eigenvalue weighted by Gasteiger charge is -2.34. The zero-order valence-electron chi connectivity index (χ0n) is 10.6. The summed E-state index contributed by atoms with van der Waals surface area (Å²) in [6.07, 6.45) is 5.97. The van der Waals surface area contributed by atoms with E-state index in [2.05, 4.69) is 4.40 Å². The molecule has 0 aliphatic heterocycles. The van der Waals surface area contributed by atoms with E-state index in [0.717, 1.165) is 32.1 Å². The van der Waals surface area contributed by atoms with Crippen LogP contribution in [0.1, 0.15) is 32.1 Å². The maximum Gasteiger partial charge on any atom is 0.255 e. The van der Waals surface area contributed by atoms with E-state index < -0.39 is 15.4 Å². The second-order valence-electron chi connectivity index (χ2n) is 5.13. The van der Waals surface area contributed by atoms with Gasteiger partial charge < -0.3 is 10.0 Å². The quantitative estimate of drug-likeness (QED) is 0.589. The smallest absolute Gasteiger partial charge is 0.255 e. The van der Waals surface area contributed by atoms with Crippen LogP contribution in [0.4, 0.5) is 0 Å². The van der Waals surface area contributed by atoms with Crippen molar-refractivity contribution >= 4 is 16.4 Å². The lowest BCUT2D eigenvalue weighted by Crippen LogP contribution is -2.35. The summed E-state index contributed by atoms with van der Waals surface area (Å²) in [6, 6.07) is 0. The van der Waals surface area contributed by atoms with Crippen LogP contribution in [0.15, 0.2) is 4.40 Å². The van der Waals surface area contributed by atoms with Crippen LogP contribution < -0.4 is 0 Å². The van der Waals surface area contributed by atoms with Gasteiger partial charge in [-0.3, -0.25) is 0 Å². The molecule has 0 atom stereocenters. The van der Waals surface area contributed by atoms with Crippen LogP contribution in [-0.2, 0) is 10.0 Å². The molecule has 1 saturated carbocycles. The summed E-state index contributed by atoms with van der Waals surface area (Å²) in [7, 11) is -0.0317. The summed E-state index contributed by atoms with van der Waals surface area (Å²) < 4.78 is 27.3. The van der Waals surface area contributed by atoms with E-state index in [9.17, 15) is 13.5 Å². The molecule has 1 aliphatic carbocycles. The monoisotopic (exact) mass is 262 g/mol. The lowest BCUT2D eigenvalue weighted by molar-refractivity contribution is 0.103. The van der Waals surface area contributed by atoms with Gasteiger partial charge in [0.2, 0.25) is 0 Å². The maximum absolute atomic E-state index is 11.8. The molecule has 0 aromatic rings. The van der Waals surface area contributed by atoms with E-state index in [1.54, 1.807) is 19.0 Å². The Balaban J connectivity index is 2.73. The zero-order chi connectivity index (χ0) is 12.9. The molecular weight excluding hydrogens is 240 g/mol. The van der Waals surface area contributed by atoms with Gasteiger partial charge in [0.25, 0.3) is 10.0 Å². The number of aliphatic hydroxyl groups excluding tert-OH is 1. The summed E-state index contributed by atoms with van der Waals surface area (Å²) in [4.78, 5) is 1.59. The van der Waals surface area contributed by atoms with Crippen molar-refractivity contribution < 1.29 is 13.5 Å². The molecule has 1 fully saturated rings. The molecule has 0 spiro atoms. The van der Waals surface area contributed by atoms with E-state index in [4.69, 9.17) is 0 Å². The van der Waals surface area contributed by atoms with E-state index in [1.165, 1.54) is 6.34 Å². The molecule has 1 N–H and O–H groups in total. The van der Waals surface area contributed by atoms with E-state index in [1.807, 2.05) is 0 Å². The minimum atomic E-state index is -3.48. The van der Waals surface area contributed by atoms with Gasteiger partial charge in [-0.2, -0.15) is 4.40 Å². The molecule has 0 aromatic carbocycles. The third-order valence-electron chi connectivity index (χ3n) is 3.18. The highest BCUT2D eigenvalue weighted by Crippen LogP contribution is 2.37. The van der Waals surface area contributed by atoms with Gasteiger partial charge in [0, 0.05) is 26.1 Å². The van der Waals surface area contributed by atoms with Crippen molar-refractivity contribution in [1.82, 2.24) is 4.90 Å². The Labute approximate surface area is 104 Å². The summed E-state index contributed by atoms with van der Waals surface area (Å²) in [6.45, 7) is -0.0658. The number of rotatable bonds is 5. The molecule has 0 bridgehead atoms. The minimum absolute atomic E-state index is 0.0408. The van der Waals surface area contributed by atoms with Crippen LogP contribution in [0.5, 0.6) is 0 Å². The van der Waals surface area contributed by atoms with Crippen molar-refractivity contribution in [3.05, 3.63) is 0 Å². The molecule has 0 unspecified atom stereocenters. The van der Waals surface area contributed by atoms with Crippen LogP contribution >= 0.6 is 0 Å². The van der Waals surface area contributed by atoms with Crippen LogP contribution in [0, 0.1) is 5.41 Å². The number of nitrogens with zero attached hydrogens (tertiary/aromatic N) is 2. The van der Waals surface area contributed by atoms with E-state index in [-0.39, 0.29) is 12.4 Å². The highest BCUT2D eigenvalue weighted by atomic mass is 32.2. The number of hydrogen-bond donors (Lipinski definition) is 1. The van der Waals surface area contributed by atoms with Gasteiger partial charge in [0.05, 0.1) is 5.75 Å².